The van der Waals surface area contributed by atoms with Crippen molar-refractivity contribution in [2.45, 2.75) is 12.8 Å². The van der Waals surface area contributed by atoms with E-state index in [2.05, 4.69) is 19.9 Å². The first-order valence-corrected chi connectivity index (χ1v) is 7.35. The second-order valence-corrected chi connectivity index (χ2v) is 5.25. The van der Waals surface area contributed by atoms with E-state index in [1.165, 1.54) is 0 Å². The molecule has 4 aromatic rings. The lowest BCUT2D eigenvalue weighted by atomic mass is 10.2. The number of rotatable bonds is 4. The van der Waals surface area contributed by atoms with E-state index >= 15 is 0 Å². The number of aromatic nitrogens is 4. The Labute approximate surface area is 131 Å². The minimum atomic E-state index is -0.110. The number of imidazole rings is 1. The molecule has 23 heavy (non-hydrogen) atoms. The predicted molar refractivity (Wildman–Crippen MR) is 86.1 cm³/mol. The number of fused-ring (bicyclic) bond motifs is 1. The average molecular weight is 306 g/mol. The van der Waals surface area contributed by atoms with Crippen LogP contribution in [0.4, 0.5) is 0 Å². The van der Waals surface area contributed by atoms with Gasteiger partial charge in [0.1, 0.15) is 17.3 Å². The third-order valence-electron chi connectivity index (χ3n) is 3.68. The number of benzene rings is 1. The van der Waals surface area contributed by atoms with E-state index in [4.69, 9.17) is 4.42 Å². The molecule has 0 unspecified atom stereocenters. The summed E-state index contributed by atoms with van der Waals surface area (Å²) in [6.07, 6.45) is 4.62. The molecule has 0 fully saturated rings. The second-order valence-electron chi connectivity index (χ2n) is 5.25. The highest BCUT2D eigenvalue weighted by molar-refractivity contribution is 5.77. The maximum Gasteiger partial charge on any atom is 0.258 e. The molecule has 0 amide bonds. The molecule has 0 spiro atoms. The van der Waals surface area contributed by atoms with Crippen molar-refractivity contribution in [3.8, 4) is 11.5 Å². The zero-order valence-corrected chi connectivity index (χ0v) is 12.2. The Bertz CT molecular complexity index is 999. The molecule has 3 aromatic heterocycles. The highest BCUT2D eigenvalue weighted by Gasteiger charge is 2.07. The topological polar surface area (TPSA) is 87.6 Å². The molecule has 0 radical (unpaired) electrons. The van der Waals surface area contributed by atoms with Crippen molar-refractivity contribution in [3.63, 3.8) is 0 Å². The van der Waals surface area contributed by atoms with Crippen molar-refractivity contribution in [1.82, 2.24) is 19.9 Å². The fraction of sp³-hybridized carbons (Fsp3) is 0.118. The fourth-order valence-corrected chi connectivity index (χ4v) is 2.54. The predicted octanol–water partition coefficient (Wildman–Crippen LogP) is 2.69. The molecule has 4 rings (SSSR count). The van der Waals surface area contributed by atoms with Crippen molar-refractivity contribution in [2.24, 2.45) is 0 Å². The zero-order valence-electron chi connectivity index (χ0n) is 12.2. The van der Waals surface area contributed by atoms with Crippen LogP contribution in [-0.2, 0) is 12.8 Å². The summed E-state index contributed by atoms with van der Waals surface area (Å²) in [6.45, 7) is 0. The normalized spacial score (nSPS) is 11.1. The first-order chi connectivity index (χ1) is 11.3. The molecule has 6 heteroatoms. The zero-order chi connectivity index (χ0) is 15.6. The maximum atomic E-state index is 12.0. The number of aromatic amines is 2. The third kappa shape index (κ3) is 2.66. The Morgan fingerprint density at radius 2 is 1.87 bits per heavy atom. The van der Waals surface area contributed by atoms with E-state index in [-0.39, 0.29) is 5.56 Å². The van der Waals surface area contributed by atoms with E-state index in [9.17, 15) is 4.79 Å². The molecule has 0 saturated carbocycles. The van der Waals surface area contributed by atoms with E-state index < -0.39 is 0 Å². The van der Waals surface area contributed by atoms with Crippen molar-refractivity contribution in [3.05, 3.63) is 70.9 Å². The van der Waals surface area contributed by atoms with Crippen LogP contribution in [0.5, 0.6) is 0 Å². The maximum absolute atomic E-state index is 12.0. The Balaban J connectivity index is 1.54. The number of nitrogens with zero attached hydrogens (tertiary/aromatic N) is 2. The molecule has 0 aliphatic heterocycles. The Kier molecular flexibility index (Phi) is 3.27. The summed E-state index contributed by atoms with van der Waals surface area (Å²) in [4.78, 5) is 26.9. The van der Waals surface area contributed by atoms with Crippen LogP contribution in [0, 0.1) is 0 Å². The average Bonchev–Trinajstić information content (AvgIpc) is 3.24. The molecule has 2 N–H and O–H groups in total. The van der Waals surface area contributed by atoms with Gasteiger partial charge in [-0.25, -0.2) is 9.97 Å². The van der Waals surface area contributed by atoms with Gasteiger partial charge in [-0.15, -0.1) is 0 Å². The number of nitrogens with one attached hydrogen (secondary N) is 2. The molecule has 0 atom stereocenters. The first-order valence-electron chi connectivity index (χ1n) is 7.35. The van der Waals surface area contributed by atoms with Gasteiger partial charge < -0.3 is 14.4 Å². The van der Waals surface area contributed by atoms with Gasteiger partial charge in [-0.2, -0.15) is 0 Å². The first kappa shape index (κ1) is 13.5. The quantitative estimate of drug-likeness (QED) is 0.607. The van der Waals surface area contributed by atoms with Crippen LogP contribution in [-0.4, -0.2) is 19.9 Å². The molecule has 0 bridgehead atoms. The van der Waals surface area contributed by atoms with Gasteiger partial charge in [0.15, 0.2) is 5.76 Å². The summed E-state index contributed by atoms with van der Waals surface area (Å²) in [7, 11) is 0. The molecule has 3 heterocycles. The lowest BCUT2D eigenvalue weighted by Gasteiger charge is -2.01. The minimum Gasteiger partial charge on any atom is -0.463 e. The van der Waals surface area contributed by atoms with Crippen LogP contribution in [0.15, 0.2) is 58.1 Å². The lowest BCUT2D eigenvalue weighted by molar-refractivity contribution is 0.580. The van der Waals surface area contributed by atoms with E-state index in [1.807, 2.05) is 30.3 Å². The Hall–Kier alpha value is -3.15. The van der Waals surface area contributed by atoms with Gasteiger partial charge in [0.25, 0.3) is 5.56 Å². The van der Waals surface area contributed by atoms with Crippen molar-refractivity contribution in [2.75, 3.05) is 0 Å². The summed E-state index contributed by atoms with van der Waals surface area (Å²) >= 11 is 0. The molecule has 0 aliphatic rings. The summed E-state index contributed by atoms with van der Waals surface area (Å²) in [5.74, 6) is 2.23. The smallest absolute Gasteiger partial charge is 0.258 e. The van der Waals surface area contributed by atoms with Crippen molar-refractivity contribution in [1.29, 1.82) is 0 Å². The van der Waals surface area contributed by atoms with E-state index in [0.29, 0.717) is 29.6 Å². The van der Waals surface area contributed by atoms with E-state index in [0.717, 1.165) is 17.3 Å². The Morgan fingerprint density at radius 3 is 2.74 bits per heavy atom. The molecule has 1 aromatic carbocycles. The number of furan rings is 1. The number of hydrogen-bond acceptors (Lipinski definition) is 4. The van der Waals surface area contributed by atoms with Crippen LogP contribution >= 0.6 is 0 Å². The van der Waals surface area contributed by atoms with Gasteiger partial charge in [0.05, 0.1) is 23.4 Å². The molecule has 0 aliphatic carbocycles. The van der Waals surface area contributed by atoms with Crippen LogP contribution in [0.2, 0.25) is 0 Å². The monoisotopic (exact) mass is 306 g/mol. The number of para-hydroxylation sites is 1. The highest BCUT2D eigenvalue weighted by Crippen LogP contribution is 2.17. The molecular weight excluding hydrogens is 292 g/mol. The third-order valence-corrected chi connectivity index (χ3v) is 3.68. The van der Waals surface area contributed by atoms with Crippen LogP contribution < -0.4 is 5.56 Å². The lowest BCUT2D eigenvalue weighted by Crippen LogP contribution is -2.12. The number of H-pyrrole nitrogens is 2. The fourth-order valence-electron chi connectivity index (χ4n) is 2.54. The SMILES string of the molecule is O=c1[nH]c(CCc2ncc(-c3ccco3)[nH]2)nc2ccccc12. The number of hydrogen-bond donors (Lipinski definition) is 2. The van der Waals surface area contributed by atoms with Crippen LogP contribution in [0.25, 0.3) is 22.4 Å². The molecule has 6 nitrogen and oxygen atoms in total. The van der Waals surface area contributed by atoms with Gasteiger partial charge in [0.2, 0.25) is 0 Å². The minimum absolute atomic E-state index is 0.110. The van der Waals surface area contributed by atoms with Gasteiger partial charge in [-0.05, 0) is 24.3 Å². The highest BCUT2D eigenvalue weighted by atomic mass is 16.3. The number of aryl methyl sites for hydroxylation is 2. The summed E-state index contributed by atoms with van der Waals surface area (Å²) in [5.41, 5.74) is 1.44. The second kappa shape index (κ2) is 5.57. The van der Waals surface area contributed by atoms with Crippen molar-refractivity contribution >= 4 is 10.9 Å². The van der Waals surface area contributed by atoms with Gasteiger partial charge in [-0.1, -0.05) is 12.1 Å². The summed E-state index contributed by atoms with van der Waals surface area (Å²) in [5, 5.41) is 0.606. The summed E-state index contributed by atoms with van der Waals surface area (Å²) in [6, 6.07) is 11.0. The Morgan fingerprint density at radius 1 is 1.00 bits per heavy atom. The largest absolute Gasteiger partial charge is 0.463 e. The molecular formula is C17H14N4O2. The van der Waals surface area contributed by atoms with Gasteiger partial charge in [-0.3, -0.25) is 4.79 Å². The van der Waals surface area contributed by atoms with Crippen molar-refractivity contribution < 1.29 is 4.42 Å². The van der Waals surface area contributed by atoms with Gasteiger partial charge in [0, 0.05) is 12.8 Å². The summed E-state index contributed by atoms with van der Waals surface area (Å²) < 4.78 is 5.33. The van der Waals surface area contributed by atoms with Crippen LogP contribution in [0.3, 0.4) is 0 Å². The molecule has 114 valence electrons. The molecule has 0 saturated heterocycles. The standard InChI is InChI=1S/C17H14N4O2/c22-17-11-4-1-2-5-12(11)19-16(21-17)8-7-15-18-10-13(20-15)14-6-3-9-23-14/h1-6,9-10H,7-8H2,(H,18,20)(H,19,21,22). The van der Waals surface area contributed by atoms with Crippen LogP contribution in [0.1, 0.15) is 11.6 Å². The van der Waals surface area contributed by atoms with Gasteiger partial charge >= 0.3 is 0 Å². The van der Waals surface area contributed by atoms with E-state index in [1.54, 1.807) is 18.5 Å².